The van der Waals surface area contributed by atoms with Crippen LogP contribution >= 0.6 is 15.9 Å². The highest BCUT2D eigenvalue weighted by atomic mass is 79.9. The van der Waals surface area contributed by atoms with Crippen LogP contribution in [0.2, 0.25) is 0 Å². The fraction of sp³-hybridized carbons (Fsp3) is 0.381. The van der Waals surface area contributed by atoms with Crippen LogP contribution < -0.4 is 4.90 Å². The van der Waals surface area contributed by atoms with Gasteiger partial charge in [-0.1, -0.05) is 45.8 Å². The van der Waals surface area contributed by atoms with Gasteiger partial charge in [0.1, 0.15) is 4.90 Å². The molecule has 1 saturated heterocycles. The van der Waals surface area contributed by atoms with Crippen molar-refractivity contribution in [2.75, 3.05) is 18.0 Å². The molecule has 0 spiro atoms. The molecule has 0 unspecified atom stereocenters. The van der Waals surface area contributed by atoms with E-state index in [1.807, 2.05) is 37.3 Å². The maximum Gasteiger partial charge on any atom is 0.245 e. The summed E-state index contributed by atoms with van der Waals surface area (Å²) in [6, 6.07) is 11.5. The summed E-state index contributed by atoms with van der Waals surface area (Å²) >= 11 is 3.46. The van der Waals surface area contributed by atoms with E-state index < -0.39 is 10.0 Å². The minimum absolute atomic E-state index is 0.131. The van der Waals surface area contributed by atoms with E-state index in [-0.39, 0.29) is 16.8 Å². The minimum atomic E-state index is -3.75. The molecule has 28 heavy (non-hydrogen) atoms. The number of benzene rings is 2. The first kappa shape index (κ1) is 19.6. The number of carbonyl (C=O) groups excluding carboxylic acids is 1. The molecule has 5 nitrogen and oxygen atoms in total. The number of hydrogen-bond acceptors (Lipinski definition) is 3. The lowest BCUT2D eigenvalue weighted by Gasteiger charge is -2.27. The number of sulfonamides is 1. The van der Waals surface area contributed by atoms with Crippen LogP contribution in [-0.4, -0.2) is 31.7 Å². The van der Waals surface area contributed by atoms with Gasteiger partial charge in [-0.2, -0.15) is 4.31 Å². The van der Waals surface area contributed by atoms with Crippen molar-refractivity contribution < 1.29 is 13.2 Å². The molecule has 0 N–H and O–H groups in total. The third-order valence-electron chi connectivity index (χ3n) is 5.63. The monoisotopic (exact) mass is 462 g/mol. The Hall–Kier alpha value is -1.70. The Kier molecular flexibility index (Phi) is 5.10. The second-order valence-corrected chi connectivity index (χ2v) is 10.3. The fourth-order valence-corrected chi connectivity index (χ4v) is 6.86. The third kappa shape index (κ3) is 3.29. The number of aryl methyl sites for hydroxylation is 1. The van der Waals surface area contributed by atoms with Crippen molar-refractivity contribution >= 4 is 37.5 Å². The van der Waals surface area contributed by atoms with Crippen molar-refractivity contribution in [3.63, 3.8) is 0 Å². The second-order valence-electron chi connectivity index (χ2n) is 7.52. The topological polar surface area (TPSA) is 57.7 Å². The standard InChI is InChI=1S/C21H23BrN2O3S/c1-14-5-7-16(8-6-14)19-4-3-10-24(19)28(26,27)20-13-18(22)12-17-9-11-23(15(2)25)21(17)20/h5-8,12-13,19H,3-4,9-11H2,1-2H3/t19-/m1/s1. The molecule has 0 aliphatic carbocycles. The Labute approximate surface area is 174 Å². The van der Waals surface area contributed by atoms with Crippen LogP contribution in [0.4, 0.5) is 5.69 Å². The maximum atomic E-state index is 13.7. The van der Waals surface area contributed by atoms with E-state index in [0.717, 1.165) is 34.0 Å². The number of amides is 1. The van der Waals surface area contributed by atoms with E-state index in [4.69, 9.17) is 0 Å². The summed E-state index contributed by atoms with van der Waals surface area (Å²) in [6.45, 7) is 4.51. The third-order valence-corrected chi connectivity index (χ3v) is 8.01. The molecule has 1 amide bonds. The van der Waals surface area contributed by atoms with Crippen LogP contribution in [0.15, 0.2) is 45.8 Å². The van der Waals surface area contributed by atoms with Crippen molar-refractivity contribution in [2.24, 2.45) is 0 Å². The van der Waals surface area contributed by atoms with Crippen LogP contribution in [0.3, 0.4) is 0 Å². The van der Waals surface area contributed by atoms with E-state index in [0.29, 0.717) is 25.2 Å². The second kappa shape index (κ2) is 7.28. The van der Waals surface area contributed by atoms with Gasteiger partial charge in [0.25, 0.3) is 0 Å². The molecule has 2 aromatic carbocycles. The van der Waals surface area contributed by atoms with E-state index in [1.54, 1.807) is 15.3 Å². The number of anilines is 1. The largest absolute Gasteiger partial charge is 0.311 e. The van der Waals surface area contributed by atoms with Crippen LogP contribution in [0.5, 0.6) is 0 Å². The van der Waals surface area contributed by atoms with Crippen LogP contribution in [0.25, 0.3) is 0 Å². The number of halogens is 1. The summed E-state index contributed by atoms with van der Waals surface area (Å²) in [5.74, 6) is -0.131. The van der Waals surface area contributed by atoms with Crippen LogP contribution in [0, 0.1) is 6.92 Å². The van der Waals surface area contributed by atoms with Gasteiger partial charge < -0.3 is 4.90 Å². The lowest BCUT2D eigenvalue weighted by atomic mass is 10.0. The van der Waals surface area contributed by atoms with Crippen LogP contribution in [-0.2, 0) is 21.2 Å². The van der Waals surface area contributed by atoms with Gasteiger partial charge in [0, 0.05) is 24.5 Å². The van der Waals surface area contributed by atoms with Gasteiger partial charge in [-0.15, -0.1) is 0 Å². The van der Waals surface area contributed by atoms with Gasteiger partial charge in [0.05, 0.1) is 11.7 Å². The Morgan fingerprint density at radius 2 is 1.86 bits per heavy atom. The van der Waals surface area contributed by atoms with E-state index in [2.05, 4.69) is 15.9 Å². The summed E-state index contributed by atoms with van der Waals surface area (Å²) in [5, 5.41) is 0. The molecular weight excluding hydrogens is 440 g/mol. The molecule has 1 fully saturated rings. The van der Waals surface area contributed by atoms with E-state index in [9.17, 15) is 13.2 Å². The van der Waals surface area contributed by atoms with Gasteiger partial charge in [-0.25, -0.2) is 8.42 Å². The molecule has 0 aromatic heterocycles. The fourth-order valence-electron chi connectivity index (χ4n) is 4.26. The summed E-state index contributed by atoms with van der Waals surface area (Å²) in [6.07, 6.45) is 2.29. The highest BCUT2D eigenvalue weighted by molar-refractivity contribution is 9.10. The summed E-state index contributed by atoms with van der Waals surface area (Å²) in [4.78, 5) is 13.9. The molecule has 1 atom stereocenters. The van der Waals surface area contributed by atoms with Crippen molar-refractivity contribution in [3.05, 3.63) is 57.6 Å². The zero-order valence-electron chi connectivity index (χ0n) is 16.0. The Bertz CT molecular complexity index is 1030. The van der Waals surface area contributed by atoms with Crippen molar-refractivity contribution in [1.82, 2.24) is 4.31 Å². The number of nitrogens with zero attached hydrogens (tertiary/aromatic N) is 2. The summed E-state index contributed by atoms with van der Waals surface area (Å²) in [7, 11) is -3.75. The normalized spacial score (nSPS) is 19.8. The number of rotatable bonds is 3. The average molecular weight is 463 g/mol. The number of hydrogen-bond donors (Lipinski definition) is 0. The Morgan fingerprint density at radius 1 is 1.14 bits per heavy atom. The first-order valence-electron chi connectivity index (χ1n) is 9.48. The van der Waals surface area contributed by atoms with Gasteiger partial charge >= 0.3 is 0 Å². The predicted molar refractivity (Wildman–Crippen MR) is 113 cm³/mol. The smallest absolute Gasteiger partial charge is 0.245 e. The van der Waals surface area contributed by atoms with Crippen molar-refractivity contribution in [2.45, 2.75) is 44.0 Å². The molecule has 2 aliphatic rings. The summed E-state index contributed by atoms with van der Waals surface area (Å²) < 4.78 is 29.8. The van der Waals surface area contributed by atoms with Crippen LogP contribution in [0.1, 0.15) is 42.5 Å². The molecule has 4 rings (SSSR count). The van der Waals surface area contributed by atoms with Gasteiger partial charge in [-0.05, 0) is 49.4 Å². The van der Waals surface area contributed by atoms with Crippen molar-refractivity contribution in [3.8, 4) is 0 Å². The molecule has 148 valence electrons. The molecule has 2 heterocycles. The zero-order chi connectivity index (χ0) is 20.1. The molecular formula is C21H23BrN2O3S. The van der Waals surface area contributed by atoms with Crippen molar-refractivity contribution in [1.29, 1.82) is 0 Å². The maximum absolute atomic E-state index is 13.7. The summed E-state index contributed by atoms with van der Waals surface area (Å²) in [5.41, 5.74) is 3.61. The molecule has 0 saturated carbocycles. The lowest BCUT2D eigenvalue weighted by Crippen LogP contribution is -2.33. The quantitative estimate of drug-likeness (QED) is 0.686. The van der Waals surface area contributed by atoms with Gasteiger partial charge in [0.2, 0.25) is 15.9 Å². The number of fused-ring (bicyclic) bond motifs is 1. The average Bonchev–Trinajstić information content (AvgIpc) is 3.28. The molecule has 2 aliphatic heterocycles. The molecule has 7 heteroatoms. The first-order valence-corrected chi connectivity index (χ1v) is 11.7. The van der Waals surface area contributed by atoms with Gasteiger partial charge in [-0.3, -0.25) is 4.79 Å². The minimum Gasteiger partial charge on any atom is -0.311 e. The Balaban J connectivity index is 1.81. The molecule has 0 bridgehead atoms. The zero-order valence-corrected chi connectivity index (χ0v) is 18.4. The lowest BCUT2D eigenvalue weighted by molar-refractivity contribution is -0.116. The van der Waals surface area contributed by atoms with E-state index in [1.165, 1.54) is 6.92 Å². The highest BCUT2D eigenvalue weighted by Crippen LogP contribution is 2.43. The van der Waals surface area contributed by atoms with E-state index >= 15 is 0 Å². The Morgan fingerprint density at radius 3 is 2.54 bits per heavy atom. The SMILES string of the molecule is CC(=O)N1CCc2cc(Br)cc(S(=O)(=O)N3CCC[C@@H]3c3ccc(C)cc3)c21. The first-order chi connectivity index (χ1) is 13.3. The highest BCUT2D eigenvalue weighted by Gasteiger charge is 2.40. The molecule has 2 aromatic rings. The van der Waals surface area contributed by atoms with Gasteiger partial charge in [0.15, 0.2) is 0 Å². The number of carbonyl (C=O) groups is 1. The predicted octanol–water partition coefficient (Wildman–Crippen LogP) is 4.19. The molecule has 0 radical (unpaired) electrons.